The van der Waals surface area contributed by atoms with Gasteiger partial charge in [0, 0.05) is 24.5 Å². The fraction of sp³-hybridized carbons (Fsp3) is 0.188. The second-order valence-corrected chi connectivity index (χ2v) is 7.05. The fourth-order valence-corrected chi connectivity index (χ4v) is 3.49. The summed E-state index contributed by atoms with van der Waals surface area (Å²) in [4.78, 5) is 7.44. The Bertz CT molecular complexity index is 1080. The normalized spacial score (nSPS) is 12.3. The van der Waals surface area contributed by atoms with Crippen LogP contribution in [-0.2, 0) is 22.7 Å². The molecule has 0 unspecified atom stereocenters. The Hall–Kier alpha value is -2.79. The molecule has 3 rings (SSSR count). The molecule has 1 aromatic carbocycles. The predicted molar refractivity (Wildman–Crippen MR) is 90.7 cm³/mol. The van der Waals surface area contributed by atoms with Crippen LogP contribution >= 0.6 is 0 Å². The van der Waals surface area contributed by atoms with E-state index in [2.05, 4.69) is 15.1 Å². The van der Waals surface area contributed by atoms with Crippen molar-refractivity contribution in [1.82, 2.24) is 19.7 Å². The molecule has 0 spiro atoms. The Morgan fingerprint density at radius 1 is 1.19 bits per heavy atom. The number of nitrogens with zero attached hydrogens (tertiary/aromatic N) is 4. The standard InChI is InChI=1S/C16H14F3N5O2S/c1-2-24-15(16(17,18)19)13(11-9-21-7-8-22-11)14(23-24)10-5-3-4-6-12(10)27(20,25)26/h3-9H,2H2,1H3,(H2,20,25,26). The number of primary sulfonamides is 1. The van der Waals surface area contributed by atoms with Crippen LogP contribution < -0.4 is 5.14 Å². The molecule has 0 aliphatic heterocycles. The molecular formula is C16H14F3N5O2S. The molecule has 7 nitrogen and oxygen atoms in total. The monoisotopic (exact) mass is 397 g/mol. The molecule has 0 saturated heterocycles. The summed E-state index contributed by atoms with van der Waals surface area (Å²) in [7, 11) is -4.19. The van der Waals surface area contributed by atoms with Gasteiger partial charge in [0.15, 0.2) is 5.69 Å². The summed E-state index contributed by atoms with van der Waals surface area (Å²) in [5, 5.41) is 9.26. The Kier molecular flexibility index (Phi) is 4.74. The van der Waals surface area contributed by atoms with Crippen molar-refractivity contribution < 1.29 is 21.6 Å². The summed E-state index contributed by atoms with van der Waals surface area (Å²) in [5.74, 6) is 0. The van der Waals surface area contributed by atoms with Crippen LogP contribution in [0.3, 0.4) is 0 Å². The predicted octanol–water partition coefficient (Wildman–Crippen LogP) is 2.69. The molecule has 0 radical (unpaired) electrons. The lowest BCUT2D eigenvalue weighted by Gasteiger charge is -2.11. The maximum atomic E-state index is 13.8. The van der Waals surface area contributed by atoms with E-state index in [4.69, 9.17) is 5.14 Å². The van der Waals surface area contributed by atoms with Gasteiger partial charge in [-0.1, -0.05) is 18.2 Å². The van der Waals surface area contributed by atoms with Crippen LogP contribution in [0.25, 0.3) is 22.5 Å². The maximum absolute atomic E-state index is 13.8. The zero-order valence-corrected chi connectivity index (χ0v) is 14.8. The van der Waals surface area contributed by atoms with Crippen LogP contribution in [0, 0.1) is 0 Å². The average molecular weight is 397 g/mol. The second-order valence-electron chi connectivity index (χ2n) is 5.52. The van der Waals surface area contributed by atoms with Gasteiger partial charge in [0.05, 0.1) is 22.3 Å². The molecule has 2 heterocycles. The van der Waals surface area contributed by atoms with Gasteiger partial charge in [0.1, 0.15) is 5.69 Å². The van der Waals surface area contributed by atoms with E-state index in [0.29, 0.717) is 0 Å². The van der Waals surface area contributed by atoms with Crippen LogP contribution in [0.15, 0.2) is 47.8 Å². The first-order valence-corrected chi connectivity index (χ1v) is 9.25. The SMILES string of the molecule is CCn1nc(-c2ccccc2S(N)(=O)=O)c(-c2cnccn2)c1C(F)(F)F. The Balaban J connectivity index is 2.45. The van der Waals surface area contributed by atoms with Gasteiger partial charge >= 0.3 is 6.18 Å². The molecule has 0 aliphatic carbocycles. The number of aromatic nitrogens is 4. The number of sulfonamides is 1. The summed E-state index contributed by atoms with van der Waals surface area (Å²) in [6.07, 6.45) is -1.02. The first-order chi connectivity index (χ1) is 12.6. The lowest BCUT2D eigenvalue weighted by Crippen LogP contribution is -2.15. The van der Waals surface area contributed by atoms with Crippen LogP contribution in [-0.4, -0.2) is 28.2 Å². The summed E-state index contributed by atoms with van der Waals surface area (Å²) < 4.78 is 66.0. The van der Waals surface area contributed by atoms with Crippen molar-refractivity contribution in [2.24, 2.45) is 5.14 Å². The molecule has 3 aromatic rings. The summed E-state index contributed by atoms with van der Waals surface area (Å²) in [6.45, 7) is 1.41. The number of halogens is 3. The smallest absolute Gasteiger partial charge is 0.261 e. The van der Waals surface area contributed by atoms with Crippen LogP contribution in [0.1, 0.15) is 12.6 Å². The molecule has 0 fully saturated rings. The van der Waals surface area contributed by atoms with Gasteiger partial charge in [-0.3, -0.25) is 14.6 Å². The van der Waals surface area contributed by atoms with Crippen molar-refractivity contribution in [2.75, 3.05) is 0 Å². The third kappa shape index (κ3) is 3.55. The highest BCUT2D eigenvalue weighted by molar-refractivity contribution is 7.89. The number of hydrogen-bond acceptors (Lipinski definition) is 5. The van der Waals surface area contributed by atoms with E-state index >= 15 is 0 Å². The van der Waals surface area contributed by atoms with Crippen LogP contribution in [0.4, 0.5) is 13.2 Å². The number of benzene rings is 1. The van der Waals surface area contributed by atoms with Crippen molar-refractivity contribution in [3.63, 3.8) is 0 Å². The Labute approximate surface area is 152 Å². The molecule has 0 saturated carbocycles. The highest BCUT2D eigenvalue weighted by atomic mass is 32.2. The molecule has 142 valence electrons. The minimum Gasteiger partial charge on any atom is -0.261 e. The van der Waals surface area contributed by atoms with Gasteiger partial charge in [0.25, 0.3) is 0 Å². The highest BCUT2D eigenvalue weighted by Gasteiger charge is 2.41. The summed E-state index contributed by atoms with van der Waals surface area (Å²) >= 11 is 0. The van der Waals surface area contributed by atoms with E-state index in [1.54, 1.807) is 0 Å². The van der Waals surface area contributed by atoms with E-state index in [9.17, 15) is 21.6 Å². The van der Waals surface area contributed by atoms with Gasteiger partial charge in [-0.05, 0) is 13.0 Å². The van der Waals surface area contributed by atoms with E-state index in [1.807, 2.05) is 0 Å². The maximum Gasteiger partial charge on any atom is 0.433 e. The zero-order valence-electron chi connectivity index (χ0n) is 14.0. The molecule has 0 bridgehead atoms. The van der Waals surface area contributed by atoms with E-state index in [0.717, 1.165) is 10.9 Å². The molecular weight excluding hydrogens is 383 g/mol. The number of nitrogens with two attached hydrogens (primary N) is 1. The molecule has 2 aromatic heterocycles. The minimum atomic E-state index is -4.75. The van der Waals surface area contributed by atoms with Crippen molar-refractivity contribution >= 4 is 10.0 Å². The number of rotatable bonds is 4. The molecule has 0 aliphatic rings. The highest BCUT2D eigenvalue weighted by Crippen LogP contribution is 2.43. The first kappa shape index (κ1) is 19.0. The van der Waals surface area contributed by atoms with E-state index < -0.39 is 21.9 Å². The fourth-order valence-electron chi connectivity index (χ4n) is 2.75. The van der Waals surface area contributed by atoms with Crippen molar-refractivity contribution in [3.05, 3.63) is 48.5 Å². The Morgan fingerprint density at radius 2 is 1.89 bits per heavy atom. The van der Waals surface area contributed by atoms with E-state index in [-0.39, 0.29) is 34.0 Å². The van der Waals surface area contributed by atoms with Gasteiger partial charge in [0.2, 0.25) is 10.0 Å². The molecule has 0 atom stereocenters. The van der Waals surface area contributed by atoms with Crippen molar-refractivity contribution in [2.45, 2.75) is 24.5 Å². The quantitative estimate of drug-likeness (QED) is 0.729. The minimum absolute atomic E-state index is 0.0432. The number of alkyl halides is 3. The van der Waals surface area contributed by atoms with Crippen LogP contribution in [0.2, 0.25) is 0 Å². The summed E-state index contributed by atoms with van der Waals surface area (Å²) in [6, 6.07) is 5.47. The largest absolute Gasteiger partial charge is 0.433 e. The molecule has 2 N–H and O–H groups in total. The molecule has 11 heteroatoms. The third-order valence-corrected chi connectivity index (χ3v) is 4.76. The topological polar surface area (TPSA) is 104 Å². The lowest BCUT2D eigenvalue weighted by molar-refractivity contribution is -0.143. The lowest BCUT2D eigenvalue weighted by atomic mass is 10.0. The molecule has 27 heavy (non-hydrogen) atoms. The van der Waals surface area contributed by atoms with Gasteiger partial charge in [-0.15, -0.1) is 0 Å². The first-order valence-electron chi connectivity index (χ1n) is 7.71. The van der Waals surface area contributed by atoms with E-state index in [1.165, 1.54) is 43.6 Å². The number of aryl methyl sites for hydroxylation is 1. The average Bonchev–Trinajstić information content (AvgIpc) is 3.01. The Morgan fingerprint density at radius 3 is 2.44 bits per heavy atom. The van der Waals surface area contributed by atoms with Crippen molar-refractivity contribution in [1.29, 1.82) is 0 Å². The second kappa shape index (κ2) is 6.74. The zero-order chi connectivity index (χ0) is 19.8. The van der Waals surface area contributed by atoms with Crippen LogP contribution in [0.5, 0.6) is 0 Å². The van der Waals surface area contributed by atoms with Gasteiger partial charge in [-0.25, -0.2) is 13.6 Å². The number of hydrogen-bond donors (Lipinski definition) is 1. The van der Waals surface area contributed by atoms with Gasteiger partial charge in [-0.2, -0.15) is 18.3 Å². The van der Waals surface area contributed by atoms with Crippen molar-refractivity contribution in [3.8, 4) is 22.5 Å². The molecule has 0 amide bonds. The van der Waals surface area contributed by atoms with Gasteiger partial charge < -0.3 is 0 Å². The third-order valence-electron chi connectivity index (χ3n) is 3.79. The summed E-state index contributed by atoms with van der Waals surface area (Å²) in [5.41, 5.74) is -1.70.